The molecule has 1 fully saturated rings. The number of aromatic nitrogens is 1. The lowest BCUT2D eigenvalue weighted by Gasteiger charge is -2.26. The number of amides is 2. The Bertz CT molecular complexity index is 754. The number of nitrogens with zero attached hydrogens (tertiary/aromatic N) is 3. The Morgan fingerprint density at radius 1 is 1.36 bits per heavy atom. The number of carbonyl (C=O) groups excluding carboxylic acids is 2. The summed E-state index contributed by atoms with van der Waals surface area (Å²) in [7, 11) is 0. The number of hydrogen-bond donors (Lipinski definition) is 0. The van der Waals surface area contributed by atoms with Crippen LogP contribution in [-0.2, 0) is 4.79 Å². The van der Waals surface area contributed by atoms with Crippen LogP contribution in [0.1, 0.15) is 35.9 Å². The van der Waals surface area contributed by atoms with E-state index in [0.29, 0.717) is 42.5 Å². The molecule has 3 rings (SSSR count). The van der Waals surface area contributed by atoms with Gasteiger partial charge in [-0.2, -0.15) is 0 Å². The first-order valence-corrected chi connectivity index (χ1v) is 8.34. The zero-order valence-corrected chi connectivity index (χ0v) is 14.4. The third kappa shape index (κ3) is 3.81. The maximum absolute atomic E-state index is 13.0. The van der Waals surface area contributed by atoms with E-state index in [1.165, 1.54) is 4.90 Å². The van der Waals surface area contributed by atoms with E-state index in [2.05, 4.69) is 5.16 Å². The molecule has 1 aliphatic rings. The molecule has 0 unspecified atom stereocenters. The van der Waals surface area contributed by atoms with Crippen molar-refractivity contribution in [2.75, 3.05) is 24.7 Å². The Morgan fingerprint density at radius 2 is 2.12 bits per heavy atom. The van der Waals surface area contributed by atoms with E-state index in [0.717, 1.165) is 6.42 Å². The average Bonchev–Trinajstić information content (AvgIpc) is 3.21. The highest BCUT2D eigenvalue weighted by Gasteiger charge is 2.28. The first-order valence-electron chi connectivity index (χ1n) is 8.34. The van der Waals surface area contributed by atoms with Crippen molar-refractivity contribution >= 4 is 17.6 Å². The topological polar surface area (TPSA) is 75.9 Å². The fourth-order valence-electron chi connectivity index (χ4n) is 2.76. The van der Waals surface area contributed by atoms with Gasteiger partial charge in [-0.15, -0.1) is 0 Å². The quantitative estimate of drug-likeness (QED) is 0.806. The van der Waals surface area contributed by atoms with Crippen molar-refractivity contribution in [2.24, 2.45) is 0 Å². The van der Waals surface area contributed by atoms with E-state index in [4.69, 9.17) is 9.26 Å². The van der Waals surface area contributed by atoms with Crippen LogP contribution in [0.3, 0.4) is 0 Å². The number of hydrogen-bond acceptors (Lipinski definition) is 5. The minimum atomic E-state index is -0.240. The standard InChI is InChI=1S/C18H21N3O4/c1-3-24-15-8-6-14(7-9-15)18(23)21(16-11-13(2)25-19-16)12-20-10-4-5-17(20)22/h6-9,11H,3-5,10,12H2,1-2H3. The second kappa shape index (κ2) is 7.38. The van der Waals surface area contributed by atoms with E-state index in [-0.39, 0.29) is 18.5 Å². The summed E-state index contributed by atoms with van der Waals surface area (Å²) in [5.41, 5.74) is 0.496. The number of carbonyl (C=O) groups is 2. The molecule has 132 valence electrons. The van der Waals surface area contributed by atoms with Gasteiger partial charge in [0.15, 0.2) is 5.82 Å². The third-order valence-corrected chi connectivity index (χ3v) is 4.03. The fraction of sp³-hybridized carbons (Fsp3) is 0.389. The molecule has 0 spiro atoms. The maximum Gasteiger partial charge on any atom is 0.261 e. The Hall–Kier alpha value is -2.83. The molecular formula is C18H21N3O4. The first-order chi connectivity index (χ1) is 12.1. The second-order valence-corrected chi connectivity index (χ2v) is 5.89. The lowest BCUT2D eigenvalue weighted by atomic mass is 10.2. The van der Waals surface area contributed by atoms with Gasteiger partial charge in [0.25, 0.3) is 5.91 Å². The van der Waals surface area contributed by atoms with E-state index in [1.54, 1.807) is 42.2 Å². The zero-order valence-electron chi connectivity index (χ0n) is 14.4. The van der Waals surface area contributed by atoms with Crippen LogP contribution in [0.4, 0.5) is 5.82 Å². The van der Waals surface area contributed by atoms with Crippen molar-refractivity contribution in [1.29, 1.82) is 0 Å². The molecule has 2 amide bonds. The van der Waals surface area contributed by atoms with Crippen LogP contribution in [0, 0.1) is 6.92 Å². The molecule has 0 N–H and O–H groups in total. The normalized spacial score (nSPS) is 14.0. The van der Waals surface area contributed by atoms with Crippen LogP contribution in [0.5, 0.6) is 5.75 Å². The van der Waals surface area contributed by atoms with Gasteiger partial charge in [-0.3, -0.25) is 14.5 Å². The number of anilines is 1. The lowest BCUT2D eigenvalue weighted by Crippen LogP contribution is -2.42. The summed E-state index contributed by atoms with van der Waals surface area (Å²) < 4.78 is 10.5. The van der Waals surface area contributed by atoms with Gasteiger partial charge in [-0.25, -0.2) is 0 Å². The SMILES string of the molecule is CCOc1ccc(C(=O)N(CN2CCCC2=O)c2cc(C)on2)cc1. The molecule has 0 radical (unpaired) electrons. The average molecular weight is 343 g/mol. The molecule has 1 aliphatic heterocycles. The molecule has 7 heteroatoms. The van der Waals surface area contributed by atoms with Crippen LogP contribution in [0.25, 0.3) is 0 Å². The van der Waals surface area contributed by atoms with Crippen molar-refractivity contribution in [1.82, 2.24) is 10.1 Å². The van der Waals surface area contributed by atoms with E-state index in [9.17, 15) is 9.59 Å². The fourth-order valence-corrected chi connectivity index (χ4v) is 2.76. The molecular weight excluding hydrogens is 322 g/mol. The summed E-state index contributed by atoms with van der Waals surface area (Å²) in [5, 5.41) is 3.94. The molecule has 1 aromatic heterocycles. The van der Waals surface area contributed by atoms with Crippen molar-refractivity contribution in [3.8, 4) is 5.75 Å². The van der Waals surface area contributed by atoms with Gasteiger partial charge in [0, 0.05) is 24.6 Å². The van der Waals surface area contributed by atoms with Crippen LogP contribution >= 0.6 is 0 Å². The summed E-state index contributed by atoms with van der Waals surface area (Å²) >= 11 is 0. The van der Waals surface area contributed by atoms with Gasteiger partial charge >= 0.3 is 0 Å². The summed E-state index contributed by atoms with van der Waals surface area (Å²) in [6, 6.07) is 8.61. The van der Waals surface area contributed by atoms with E-state index >= 15 is 0 Å². The molecule has 0 aliphatic carbocycles. The maximum atomic E-state index is 13.0. The van der Waals surface area contributed by atoms with Crippen molar-refractivity contribution in [2.45, 2.75) is 26.7 Å². The van der Waals surface area contributed by atoms with Gasteiger partial charge in [0.2, 0.25) is 5.91 Å². The third-order valence-electron chi connectivity index (χ3n) is 4.03. The zero-order chi connectivity index (χ0) is 17.8. The summed E-state index contributed by atoms with van der Waals surface area (Å²) in [6.07, 6.45) is 1.32. The molecule has 2 aromatic rings. The molecule has 1 aromatic carbocycles. The smallest absolute Gasteiger partial charge is 0.261 e. The predicted molar refractivity (Wildman–Crippen MR) is 91.5 cm³/mol. The number of aryl methyl sites for hydroxylation is 1. The van der Waals surface area contributed by atoms with Gasteiger partial charge in [-0.1, -0.05) is 5.16 Å². The molecule has 25 heavy (non-hydrogen) atoms. The summed E-state index contributed by atoms with van der Waals surface area (Å²) in [4.78, 5) is 28.1. The Morgan fingerprint density at radius 3 is 2.68 bits per heavy atom. The van der Waals surface area contributed by atoms with Crippen molar-refractivity contribution in [3.63, 3.8) is 0 Å². The highest BCUT2D eigenvalue weighted by Crippen LogP contribution is 2.21. The molecule has 2 heterocycles. The van der Waals surface area contributed by atoms with Gasteiger partial charge in [-0.05, 0) is 44.5 Å². The van der Waals surface area contributed by atoms with Gasteiger partial charge in [0.05, 0.1) is 6.61 Å². The highest BCUT2D eigenvalue weighted by atomic mass is 16.5. The van der Waals surface area contributed by atoms with E-state index < -0.39 is 0 Å². The van der Waals surface area contributed by atoms with Crippen molar-refractivity contribution in [3.05, 3.63) is 41.7 Å². The van der Waals surface area contributed by atoms with Crippen LogP contribution < -0.4 is 9.64 Å². The minimum Gasteiger partial charge on any atom is -0.494 e. The predicted octanol–water partition coefficient (Wildman–Crippen LogP) is 2.61. The largest absolute Gasteiger partial charge is 0.494 e. The summed E-state index contributed by atoms with van der Waals surface area (Å²) in [5.74, 6) is 1.52. The Labute approximate surface area is 146 Å². The molecule has 0 atom stereocenters. The van der Waals surface area contributed by atoms with Crippen LogP contribution in [0.2, 0.25) is 0 Å². The number of benzene rings is 1. The Kier molecular flexibility index (Phi) is 5.02. The molecule has 0 saturated carbocycles. The van der Waals surface area contributed by atoms with Gasteiger partial charge in [0.1, 0.15) is 18.2 Å². The number of rotatable bonds is 6. The second-order valence-electron chi connectivity index (χ2n) is 5.89. The lowest BCUT2D eigenvalue weighted by molar-refractivity contribution is -0.127. The molecule has 7 nitrogen and oxygen atoms in total. The van der Waals surface area contributed by atoms with Crippen molar-refractivity contribution < 1.29 is 18.8 Å². The minimum absolute atomic E-state index is 0.0460. The highest BCUT2D eigenvalue weighted by molar-refractivity contribution is 6.05. The van der Waals surface area contributed by atoms with Gasteiger partial charge < -0.3 is 14.2 Å². The number of ether oxygens (including phenoxy) is 1. The molecule has 1 saturated heterocycles. The Balaban J connectivity index is 1.84. The van der Waals surface area contributed by atoms with Crippen LogP contribution in [0.15, 0.2) is 34.9 Å². The molecule has 0 bridgehead atoms. The monoisotopic (exact) mass is 343 g/mol. The van der Waals surface area contributed by atoms with Crippen LogP contribution in [-0.4, -0.2) is 41.7 Å². The first kappa shape index (κ1) is 17.0. The van der Waals surface area contributed by atoms with E-state index in [1.807, 2.05) is 6.92 Å². The number of likely N-dealkylation sites (tertiary alicyclic amines) is 1. The summed E-state index contributed by atoms with van der Waals surface area (Å²) in [6.45, 7) is 5.03.